The summed E-state index contributed by atoms with van der Waals surface area (Å²) in [5.74, 6) is 0. The largest absolute Gasteiger partial charge is 0.311 e. The number of allylic oxidation sites excluding steroid dienone is 5. The fourth-order valence-electron chi connectivity index (χ4n) is 10.2. The van der Waals surface area contributed by atoms with Crippen LogP contribution in [0, 0.1) is 0 Å². The number of aromatic nitrogens is 1. The highest BCUT2D eigenvalue weighted by atomic mass is 15.1. The van der Waals surface area contributed by atoms with E-state index in [2.05, 4.69) is 267 Å². The lowest BCUT2D eigenvalue weighted by Gasteiger charge is -2.26. The molecular formula is C64H50N2. The van der Waals surface area contributed by atoms with Crippen LogP contribution in [-0.2, 0) is 5.41 Å². The summed E-state index contributed by atoms with van der Waals surface area (Å²) in [5, 5.41) is 2.50. The van der Waals surface area contributed by atoms with Crippen molar-refractivity contribution in [2.24, 2.45) is 0 Å². The van der Waals surface area contributed by atoms with Crippen molar-refractivity contribution in [1.82, 2.24) is 4.57 Å². The first-order valence-corrected chi connectivity index (χ1v) is 22.9. The van der Waals surface area contributed by atoms with Gasteiger partial charge in [0, 0.05) is 38.9 Å². The Morgan fingerprint density at radius 1 is 0.439 bits per heavy atom. The van der Waals surface area contributed by atoms with Gasteiger partial charge in [-0.2, -0.15) is 0 Å². The van der Waals surface area contributed by atoms with Crippen molar-refractivity contribution < 1.29 is 0 Å². The number of hydrogen-bond donors (Lipinski definition) is 0. The van der Waals surface area contributed by atoms with E-state index in [1.165, 1.54) is 88.6 Å². The fraction of sp³-hybridized carbons (Fsp3) is 0.0625. The normalized spacial score (nSPS) is 13.1. The zero-order valence-corrected chi connectivity index (χ0v) is 37.6. The average Bonchev–Trinajstić information content (AvgIpc) is 3.80. The Morgan fingerprint density at radius 3 is 1.32 bits per heavy atom. The number of anilines is 3. The fourth-order valence-corrected chi connectivity index (χ4v) is 10.2. The molecule has 0 atom stereocenters. The summed E-state index contributed by atoms with van der Waals surface area (Å²) in [6.07, 6.45) is 6.44. The van der Waals surface area contributed by atoms with Crippen LogP contribution in [0.2, 0.25) is 0 Å². The van der Waals surface area contributed by atoms with Crippen LogP contribution in [0.15, 0.2) is 249 Å². The van der Waals surface area contributed by atoms with E-state index in [9.17, 15) is 0 Å². The molecule has 0 spiro atoms. The van der Waals surface area contributed by atoms with E-state index < -0.39 is 0 Å². The minimum absolute atomic E-state index is 0.158. The van der Waals surface area contributed by atoms with Crippen LogP contribution in [0.1, 0.15) is 31.9 Å². The molecule has 2 heteroatoms. The van der Waals surface area contributed by atoms with Gasteiger partial charge in [0.05, 0.1) is 11.0 Å². The first-order chi connectivity index (χ1) is 32.4. The zero-order valence-electron chi connectivity index (χ0n) is 37.6. The molecule has 0 amide bonds. The van der Waals surface area contributed by atoms with Gasteiger partial charge in [0.2, 0.25) is 0 Å². The molecule has 1 aliphatic carbocycles. The first-order valence-electron chi connectivity index (χ1n) is 22.9. The smallest absolute Gasteiger partial charge is 0.0544 e. The number of nitrogens with zero attached hydrogens (tertiary/aromatic N) is 2. The SMILES string of the molecule is C=CC1=C(/C=C\C)c2cc3c4cc(-c5ccc(-c6ccc(N(c7ccc(-c8ccccc8)cc7)c7ccc(-c8ccccc8)cc7)cc6)cc5)ccc4n(-c4ccccc4)c3cc2C1(C)C. The van der Waals surface area contributed by atoms with Crippen molar-refractivity contribution in [3.63, 3.8) is 0 Å². The Bertz CT molecular complexity index is 3360. The molecule has 1 aromatic heterocycles. The van der Waals surface area contributed by atoms with Crippen LogP contribution in [-0.4, -0.2) is 4.57 Å². The van der Waals surface area contributed by atoms with E-state index >= 15 is 0 Å². The molecule has 0 unspecified atom stereocenters. The second kappa shape index (κ2) is 16.7. The average molecular weight is 847 g/mol. The van der Waals surface area contributed by atoms with Crippen molar-refractivity contribution in [3.8, 4) is 50.2 Å². The molecule has 0 radical (unpaired) electrons. The standard InChI is InChI=1S/C64H50N2/c1-5-16-56-57-42-59-58-41-51(33-40-62(58)66(52-21-14-9-15-22-52)63(59)43-61(57)64(3,4)60(56)6-2)50-25-23-46(24-26-50)49-31-38-55(39-32-49)65(53-34-27-47(28-35-53)44-17-10-7-11-18-44)54-36-29-48(30-37-54)45-19-12-8-13-20-45/h5-43H,2H2,1,3-4H3/b16-5-. The number of rotatable bonds is 10. The van der Waals surface area contributed by atoms with E-state index in [1.54, 1.807) is 0 Å². The van der Waals surface area contributed by atoms with Gasteiger partial charge in [-0.05, 0) is 147 Å². The molecule has 11 rings (SSSR count). The summed E-state index contributed by atoms with van der Waals surface area (Å²) in [7, 11) is 0. The van der Waals surface area contributed by atoms with Crippen molar-refractivity contribution >= 4 is 44.4 Å². The third-order valence-corrected chi connectivity index (χ3v) is 13.5. The van der Waals surface area contributed by atoms with Crippen molar-refractivity contribution in [1.29, 1.82) is 0 Å². The van der Waals surface area contributed by atoms with Crippen LogP contribution in [0.4, 0.5) is 17.1 Å². The second-order valence-corrected chi connectivity index (χ2v) is 17.8. The molecule has 0 aliphatic heterocycles. The molecule has 0 fully saturated rings. The van der Waals surface area contributed by atoms with Crippen LogP contribution in [0.3, 0.4) is 0 Å². The van der Waals surface area contributed by atoms with Gasteiger partial charge in [-0.25, -0.2) is 0 Å². The predicted octanol–water partition coefficient (Wildman–Crippen LogP) is 17.7. The summed E-state index contributed by atoms with van der Waals surface area (Å²) in [4.78, 5) is 2.34. The third-order valence-electron chi connectivity index (χ3n) is 13.5. The molecule has 66 heavy (non-hydrogen) atoms. The van der Waals surface area contributed by atoms with Crippen LogP contribution in [0.5, 0.6) is 0 Å². The van der Waals surface area contributed by atoms with Gasteiger partial charge in [0.15, 0.2) is 0 Å². The van der Waals surface area contributed by atoms with Crippen LogP contribution in [0.25, 0.3) is 77.6 Å². The molecule has 316 valence electrons. The highest BCUT2D eigenvalue weighted by Gasteiger charge is 2.36. The first kappa shape index (κ1) is 40.6. The lowest BCUT2D eigenvalue weighted by Crippen LogP contribution is -2.16. The Kier molecular flexibility index (Phi) is 10.3. The quantitative estimate of drug-likeness (QED) is 0.133. The maximum atomic E-state index is 4.25. The van der Waals surface area contributed by atoms with Gasteiger partial charge in [0.1, 0.15) is 0 Å². The van der Waals surface area contributed by atoms with E-state index in [4.69, 9.17) is 0 Å². The Balaban J connectivity index is 0.936. The van der Waals surface area contributed by atoms with E-state index in [1.807, 2.05) is 6.08 Å². The van der Waals surface area contributed by atoms with Gasteiger partial charge in [-0.3, -0.25) is 0 Å². The minimum Gasteiger partial charge on any atom is -0.311 e. The van der Waals surface area contributed by atoms with Gasteiger partial charge in [-0.15, -0.1) is 0 Å². The molecule has 1 heterocycles. The molecule has 2 nitrogen and oxygen atoms in total. The zero-order chi connectivity index (χ0) is 44.8. The van der Waals surface area contributed by atoms with Crippen LogP contribution < -0.4 is 4.90 Å². The topological polar surface area (TPSA) is 8.17 Å². The van der Waals surface area contributed by atoms with Gasteiger partial charge >= 0.3 is 0 Å². The number of fused-ring (bicyclic) bond motifs is 4. The van der Waals surface area contributed by atoms with Gasteiger partial charge < -0.3 is 9.47 Å². The van der Waals surface area contributed by atoms with Crippen molar-refractivity contribution in [2.75, 3.05) is 4.90 Å². The van der Waals surface area contributed by atoms with Gasteiger partial charge in [0.25, 0.3) is 0 Å². The van der Waals surface area contributed by atoms with Crippen molar-refractivity contribution in [3.05, 3.63) is 260 Å². The lowest BCUT2D eigenvalue weighted by molar-refractivity contribution is 0.655. The minimum atomic E-state index is -0.158. The van der Waals surface area contributed by atoms with Crippen LogP contribution >= 0.6 is 0 Å². The van der Waals surface area contributed by atoms with E-state index in [-0.39, 0.29) is 5.41 Å². The summed E-state index contributed by atoms with van der Waals surface area (Å²) in [6.45, 7) is 11.0. The molecule has 0 bridgehead atoms. The lowest BCUT2D eigenvalue weighted by atomic mass is 9.81. The maximum Gasteiger partial charge on any atom is 0.0544 e. The molecular weight excluding hydrogens is 797 g/mol. The Hall–Kier alpha value is -8.20. The Morgan fingerprint density at radius 2 is 0.848 bits per heavy atom. The molecule has 10 aromatic rings. The highest BCUT2D eigenvalue weighted by Crippen LogP contribution is 2.50. The number of para-hydroxylation sites is 1. The molecule has 0 saturated carbocycles. The van der Waals surface area contributed by atoms with E-state index in [0.29, 0.717) is 0 Å². The summed E-state index contributed by atoms with van der Waals surface area (Å²) >= 11 is 0. The molecule has 9 aromatic carbocycles. The van der Waals surface area contributed by atoms with Gasteiger partial charge in [-0.1, -0.05) is 184 Å². The highest BCUT2D eigenvalue weighted by molar-refractivity contribution is 6.12. The molecule has 0 N–H and O–H groups in total. The monoisotopic (exact) mass is 846 g/mol. The Labute approximate surface area is 388 Å². The summed E-state index contributed by atoms with van der Waals surface area (Å²) in [6, 6.07) is 79.5. The second-order valence-electron chi connectivity index (χ2n) is 17.8. The van der Waals surface area contributed by atoms with E-state index in [0.717, 1.165) is 22.7 Å². The number of hydrogen-bond acceptors (Lipinski definition) is 1. The molecule has 1 aliphatic rings. The summed E-state index contributed by atoms with van der Waals surface area (Å²) in [5.41, 5.74) is 21.4. The predicted molar refractivity (Wildman–Crippen MR) is 282 cm³/mol. The number of benzene rings is 9. The molecule has 0 saturated heterocycles. The third kappa shape index (κ3) is 7.08. The maximum absolute atomic E-state index is 4.25. The summed E-state index contributed by atoms with van der Waals surface area (Å²) < 4.78 is 2.43. The van der Waals surface area contributed by atoms with Crippen molar-refractivity contribution in [2.45, 2.75) is 26.2 Å².